The third kappa shape index (κ3) is 3.32. The number of hydrogen-bond donors (Lipinski definition) is 2. The van der Waals surface area contributed by atoms with Crippen molar-refractivity contribution in [2.45, 2.75) is 6.92 Å². The van der Waals surface area contributed by atoms with Gasteiger partial charge in [0.2, 0.25) is 0 Å². The zero-order valence-corrected chi connectivity index (χ0v) is 11.8. The SMILES string of the molecule is Cc1ccc(NC(=O)c2cc(N)cc(F)c2)c(Br)c1. The molecule has 98 valence electrons. The van der Waals surface area contributed by atoms with Gasteiger partial charge < -0.3 is 11.1 Å². The standard InChI is InChI=1S/C14H12BrFN2O/c1-8-2-3-13(12(15)4-8)18-14(19)9-5-10(16)7-11(17)6-9/h2-7H,17H2,1H3,(H,18,19). The maximum absolute atomic E-state index is 13.2. The Morgan fingerprint density at radius 3 is 2.63 bits per heavy atom. The zero-order valence-electron chi connectivity index (χ0n) is 10.2. The van der Waals surface area contributed by atoms with Crippen LogP contribution in [0.3, 0.4) is 0 Å². The van der Waals surface area contributed by atoms with E-state index in [0.717, 1.165) is 16.1 Å². The van der Waals surface area contributed by atoms with Crippen LogP contribution in [0.25, 0.3) is 0 Å². The number of rotatable bonds is 2. The average Bonchev–Trinajstić information content (AvgIpc) is 2.31. The number of halogens is 2. The molecule has 0 atom stereocenters. The Morgan fingerprint density at radius 2 is 2.00 bits per heavy atom. The normalized spacial score (nSPS) is 10.3. The maximum atomic E-state index is 13.2. The van der Waals surface area contributed by atoms with Crippen LogP contribution in [0.15, 0.2) is 40.9 Å². The number of anilines is 2. The van der Waals surface area contributed by atoms with Crippen LogP contribution >= 0.6 is 15.9 Å². The lowest BCUT2D eigenvalue weighted by atomic mass is 10.1. The largest absolute Gasteiger partial charge is 0.399 e. The molecule has 0 unspecified atom stereocenters. The Labute approximate surface area is 118 Å². The molecule has 0 spiro atoms. The van der Waals surface area contributed by atoms with E-state index in [9.17, 15) is 9.18 Å². The molecule has 0 radical (unpaired) electrons. The van der Waals surface area contributed by atoms with Gasteiger partial charge in [-0.05, 0) is 58.7 Å². The van der Waals surface area contributed by atoms with Gasteiger partial charge in [0.1, 0.15) is 5.82 Å². The molecule has 2 aromatic rings. The van der Waals surface area contributed by atoms with Crippen LogP contribution < -0.4 is 11.1 Å². The predicted molar refractivity (Wildman–Crippen MR) is 77.6 cm³/mol. The van der Waals surface area contributed by atoms with Gasteiger partial charge in [0.15, 0.2) is 0 Å². The number of hydrogen-bond acceptors (Lipinski definition) is 2. The maximum Gasteiger partial charge on any atom is 0.255 e. The van der Waals surface area contributed by atoms with Crippen molar-refractivity contribution < 1.29 is 9.18 Å². The van der Waals surface area contributed by atoms with Gasteiger partial charge in [-0.2, -0.15) is 0 Å². The molecule has 0 saturated carbocycles. The molecule has 2 aromatic carbocycles. The smallest absolute Gasteiger partial charge is 0.255 e. The van der Waals surface area contributed by atoms with Crippen LogP contribution in [0.4, 0.5) is 15.8 Å². The lowest BCUT2D eigenvalue weighted by molar-refractivity contribution is 0.102. The molecular weight excluding hydrogens is 311 g/mol. The van der Waals surface area contributed by atoms with Crippen LogP contribution in [0.2, 0.25) is 0 Å². The van der Waals surface area contributed by atoms with Crippen molar-refractivity contribution in [1.82, 2.24) is 0 Å². The molecule has 0 bridgehead atoms. The summed E-state index contributed by atoms with van der Waals surface area (Å²) < 4.78 is 14.0. The first-order valence-electron chi connectivity index (χ1n) is 5.59. The van der Waals surface area contributed by atoms with Crippen LogP contribution in [-0.2, 0) is 0 Å². The predicted octanol–water partition coefficient (Wildman–Crippen LogP) is 3.73. The number of nitrogen functional groups attached to an aromatic ring is 1. The van der Waals surface area contributed by atoms with Crippen molar-refractivity contribution in [3.8, 4) is 0 Å². The summed E-state index contributed by atoms with van der Waals surface area (Å²) in [5, 5.41) is 2.70. The fourth-order valence-corrected chi connectivity index (χ4v) is 2.25. The molecule has 0 aliphatic heterocycles. The second-order valence-electron chi connectivity index (χ2n) is 4.21. The Balaban J connectivity index is 2.25. The summed E-state index contributed by atoms with van der Waals surface area (Å²) in [6.07, 6.45) is 0. The first-order valence-corrected chi connectivity index (χ1v) is 6.38. The van der Waals surface area contributed by atoms with Gasteiger partial charge in [-0.15, -0.1) is 0 Å². The van der Waals surface area contributed by atoms with Crippen LogP contribution in [-0.4, -0.2) is 5.91 Å². The molecule has 0 aliphatic rings. The molecule has 5 heteroatoms. The van der Waals surface area contributed by atoms with Gasteiger partial charge in [-0.25, -0.2) is 4.39 Å². The van der Waals surface area contributed by atoms with Gasteiger partial charge in [0.25, 0.3) is 5.91 Å². The summed E-state index contributed by atoms with van der Waals surface area (Å²) in [6, 6.07) is 9.28. The Bertz CT molecular complexity index is 623. The highest BCUT2D eigenvalue weighted by Crippen LogP contribution is 2.24. The van der Waals surface area contributed by atoms with E-state index in [4.69, 9.17) is 5.73 Å². The molecule has 0 heterocycles. The highest BCUT2D eigenvalue weighted by Gasteiger charge is 2.10. The lowest BCUT2D eigenvalue weighted by Crippen LogP contribution is -2.13. The van der Waals surface area contributed by atoms with E-state index in [2.05, 4.69) is 21.2 Å². The fraction of sp³-hybridized carbons (Fsp3) is 0.0714. The van der Waals surface area contributed by atoms with Gasteiger partial charge in [0, 0.05) is 15.7 Å². The summed E-state index contributed by atoms with van der Waals surface area (Å²) in [4.78, 5) is 12.0. The molecular formula is C14H12BrFN2O. The third-order valence-corrected chi connectivity index (χ3v) is 3.21. The summed E-state index contributed by atoms with van der Waals surface area (Å²) >= 11 is 3.36. The monoisotopic (exact) mass is 322 g/mol. The number of nitrogens with two attached hydrogens (primary N) is 1. The number of carbonyl (C=O) groups is 1. The summed E-state index contributed by atoms with van der Waals surface area (Å²) in [5.41, 5.74) is 7.61. The molecule has 1 amide bonds. The zero-order chi connectivity index (χ0) is 14.0. The van der Waals surface area contributed by atoms with E-state index in [1.807, 2.05) is 19.1 Å². The van der Waals surface area contributed by atoms with E-state index >= 15 is 0 Å². The second kappa shape index (κ2) is 5.40. The Kier molecular flexibility index (Phi) is 3.85. The van der Waals surface area contributed by atoms with Crippen LogP contribution in [0.5, 0.6) is 0 Å². The fourth-order valence-electron chi connectivity index (χ4n) is 1.66. The summed E-state index contributed by atoms with van der Waals surface area (Å²) in [7, 11) is 0. The molecule has 0 aromatic heterocycles. The number of benzene rings is 2. The number of nitrogens with one attached hydrogen (secondary N) is 1. The second-order valence-corrected chi connectivity index (χ2v) is 5.07. The van der Waals surface area contributed by atoms with E-state index in [0.29, 0.717) is 5.69 Å². The van der Waals surface area contributed by atoms with Crippen molar-refractivity contribution in [2.24, 2.45) is 0 Å². The molecule has 0 fully saturated rings. The number of amides is 1. The summed E-state index contributed by atoms with van der Waals surface area (Å²) in [5.74, 6) is -0.941. The molecule has 3 nitrogen and oxygen atoms in total. The quantitative estimate of drug-likeness (QED) is 0.828. The van der Waals surface area contributed by atoms with Crippen molar-refractivity contribution in [3.05, 3.63) is 57.8 Å². The van der Waals surface area contributed by atoms with E-state index < -0.39 is 11.7 Å². The molecule has 19 heavy (non-hydrogen) atoms. The number of carbonyl (C=O) groups excluding carboxylic acids is 1. The Morgan fingerprint density at radius 1 is 1.26 bits per heavy atom. The first kappa shape index (κ1) is 13.5. The molecule has 0 saturated heterocycles. The van der Waals surface area contributed by atoms with Gasteiger partial charge in [-0.1, -0.05) is 6.07 Å². The molecule has 2 rings (SSSR count). The van der Waals surface area contributed by atoms with Crippen LogP contribution in [0, 0.1) is 12.7 Å². The highest BCUT2D eigenvalue weighted by atomic mass is 79.9. The number of aryl methyl sites for hydroxylation is 1. The lowest BCUT2D eigenvalue weighted by Gasteiger charge is -2.08. The van der Waals surface area contributed by atoms with Crippen molar-refractivity contribution >= 4 is 33.2 Å². The van der Waals surface area contributed by atoms with E-state index in [1.165, 1.54) is 12.1 Å². The van der Waals surface area contributed by atoms with Gasteiger partial charge in [0.05, 0.1) is 5.69 Å². The van der Waals surface area contributed by atoms with Crippen LogP contribution in [0.1, 0.15) is 15.9 Å². The average molecular weight is 323 g/mol. The first-order chi connectivity index (χ1) is 8.95. The minimum atomic E-state index is -0.534. The topological polar surface area (TPSA) is 55.1 Å². The van der Waals surface area contributed by atoms with Crippen molar-refractivity contribution in [2.75, 3.05) is 11.1 Å². The van der Waals surface area contributed by atoms with E-state index in [1.54, 1.807) is 6.07 Å². The van der Waals surface area contributed by atoms with Gasteiger partial charge >= 0.3 is 0 Å². The van der Waals surface area contributed by atoms with Crippen molar-refractivity contribution in [1.29, 1.82) is 0 Å². The summed E-state index contributed by atoms with van der Waals surface area (Å²) in [6.45, 7) is 1.95. The molecule has 0 aliphatic carbocycles. The van der Waals surface area contributed by atoms with E-state index in [-0.39, 0.29) is 11.3 Å². The van der Waals surface area contributed by atoms with Gasteiger partial charge in [-0.3, -0.25) is 4.79 Å². The highest BCUT2D eigenvalue weighted by molar-refractivity contribution is 9.10. The van der Waals surface area contributed by atoms with Crippen molar-refractivity contribution in [3.63, 3.8) is 0 Å². The minimum absolute atomic E-state index is 0.185. The minimum Gasteiger partial charge on any atom is -0.399 e. The Hall–Kier alpha value is -1.88. The third-order valence-electron chi connectivity index (χ3n) is 2.56. The molecule has 3 N–H and O–H groups in total.